The molecule has 0 bridgehead atoms. The van der Waals surface area contributed by atoms with E-state index in [1.165, 1.54) is 0 Å². The van der Waals surface area contributed by atoms with E-state index in [-0.39, 0.29) is 23.8 Å². The molecule has 1 saturated heterocycles. The summed E-state index contributed by atoms with van der Waals surface area (Å²) in [5.41, 5.74) is 0. The zero-order valence-electron chi connectivity index (χ0n) is 9.56. The molecule has 1 amide bonds. The third-order valence-corrected chi connectivity index (χ3v) is 3.32. The lowest BCUT2D eigenvalue weighted by molar-refractivity contribution is 0.0692. The number of aliphatic hydroxyl groups excluding tert-OH is 1. The maximum absolute atomic E-state index is 12.1. The molecule has 1 N–H and O–H groups in total. The molecule has 1 fully saturated rings. The van der Waals surface area contributed by atoms with Gasteiger partial charge in [0.1, 0.15) is 0 Å². The van der Waals surface area contributed by atoms with Crippen LogP contribution in [0.5, 0.6) is 0 Å². The summed E-state index contributed by atoms with van der Waals surface area (Å²) in [4.78, 5) is 14.0. The van der Waals surface area contributed by atoms with Crippen LogP contribution in [0.1, 0.15) is 36.2 Å². The van der Waals surface area contributed by atoms with Gasteiger partial charge in [-0.05, 0) is 49.4 Å². The third-order valence-electron chi connectivity index (χ3n) is 3.12. The molecule has 0 aromatic carbocycles. The molecule has 17 heavy (non-hydrogen) atoms. The first-order valence-corrected chi connectivity index (χ1v) is 6.27. The van der Waals surface area contributed by atoms with Crippen molar-refractivity contribution in [3.8, 4) is 0 Å². The lowest BCUT2D eigenvalue weighted by Gasteiger charge is -2.23. The molecular weight excluding hydrogens is 242 g/mol. The number of aliphatic hydroxyl groups is 1. The molecular formula is C12H16ClNO3. The van der Waals surface area contributed by atoms with Crippen molar-refractivity contribution >= 4 is 17.5 Å². The van der Waals surface area contributed by atoms with Gasteiger partial charge in [-0.1, -0.05) is 0 Å². The third kappa shape index (κ3) is 2.82. The number of amides is 1. The van der Waals surface area contributed by atoms with Crippen LogP contribution in [-0.4, -0.2) is 35.1 Å². The standard InChI is InChI=1S/C12H16ClNO3/c13-11-6-5-10(17-11)12(16)14-7-1-3-9(14)4-2-8-15/h5-6,9,15H,1-4,7-8H2. The van der Waals surface area contributed by atoms with Crippen molar-refractivity contribution in [3.63, 3.8) is 0 Å². The van der Waals surface area contributed by atoms with Crippen LogP contribution < -0.4 is 0 Å². The van der Waals surface area contributed by atoms with Crippen LogP contribution in [-0.2, 0) is 0 Å². The molecule has 94 valence electrons. The highest BCUT2D eigenvalue weighted by molar-refractivity contribution is 6.29. The van der Waals surface area contributed by atoms with E-state index in [1.54, 1.807) is 12.1 Å². The predicted molar refractivity (Wildman–Crippen MR) is 64.1 cm³/mol. The van der Waals surface area contributed by atoms with Crippen molar-refractivity contribution < 1.29 is 14.3 Å². The van der Waals surface area contributed by atoms with Gasteiger partial charge in [0.25, 0.3) is 5.91 Å². The first-order chi connectivity index (χ1) is 8.22. The second-order valence-electron chi connectivity index (χ2n) is 4.26. The van der Waals surface area contributed by atoms with Gasteiger partial charge in [0, 0.05) is 19.2 Å². The van der Waals surface area contributed by atoms with Crippen molar-refractivity contribution in [1.29, 1.82) is 0 Å². The number of hydrogen-bond donors (Lipinski definition) is 1. The highest BCUT2D eigenvalue weighted by Crippen LogP contribution is 2.24. The smallest absolute Gasteiger partial charge is 0.289 e. The lowest BCUT2D eigenvalue weighted by Crippen LogP contribution is -2.35. The van der Waals surface area contributed by atoms with Gasteiger partial charge in [0.15, 0.2) is 11.0 Å². The molecule has 1 unspecified atom stereocenters. The summed E-state index contributed by atoms with van der Waals surface area (Å²) in [6, 6.07) is 3.40. The van der Waals surface area contributed by atoms with Crippen LogP contribution in [0.2, 0.25) is 5.22 Å². The molecule has 5 heteroatoms. The fraction of sp³-hybridized carbons (Fsp3) is 0.583. The molecule has 1 aromatic heterocycles. The molecule has 4 nitrogen and oxygen atoms in total. The molecule has 2 heterocycles. The maximum atomic E-state index is 12.1. The van der Waals surface area contributed by atoms with E-state index in [0.717, 1.165) is 32.2 Å². The summed E-state index contributed by atoms with van der Waals surface area (Å²) in [7, 11) is 0. The van der Waals surface area contributed by atoms with Gasteiger partial charge in [-0.2, -0.15) is 0 Å². The summed E-state index contributed by atoms with van der Waals surface area (Å²) in [5.74, 6) is 0.197. The maximum Gasteiger partial charge on any atom is 0.289 e. The number of rotatable bonds is 4. The molecule has 1 aliphatic heterocycles. The van der Waals surface area contributed by atoms with Crippen molar-refractivity contribution in [3.05, 3.63) is 23.1 Å². The van der Waals surface area contributed by atoms with Crippen molar-refractivity contribution in [1.82, 2.24) is 4.90 Å². The van der Waals surface area contributed by atoms with Gasteiger partial charge in [-0.25, -0.2) is 0 Å². The Labute approximate surface area is 105 Å². The highest BCUT2D eigenvalue weighted by atomic mass is 35.5. The number of carbonyl (C=O) groups excluding carboxylic acids is 1. The number of nitrogens with zero attached hydrogens (tertiary/aromatic N) is 1. The zero-order valence-corrected chi connectivity index (χ0v) is 10.3. The van der Waals surface area contributed by atoms with Crippen LogP contribution in [0.25, 0.3) is 0 Å². The van der Waals surface area contributed by atoms with Crippen LogP contribution >= 0.6 is 11.6 Å². The molecule has 2 rings (SSSR count). The Hall–Kier alpha value is -1.00. The van der Waals surface area contributed by atoms with E-state index in [4.69, 9.17) is 21.1 Å². The van der Waals surface area contributed by atoms with Gasteiger partial charge in [0.05, 0.1) is 0 Å². The second kappa shape index (κ2) is 5.56. The van der Waals surface area contributed by atoms with Crippen molar-refractivity contribution in [2.24, 2.45) is 0 Å². The summed E-state index contributed by atoms with van der Waals surface area (Å²) in [6.45, 7) is 0.929. The fourth-order valence-corrected chi connectivity index (χ4v) is 2.45. The van der Waals surface area contributed by atoms with Gasteiger partial charge in [0.2, 0.25) is 0 Å². The first kappa shape index (κ1) is 12.5. The minimum absolute atomic E-state index is 0.0997. The average Bonchev–Trinajstić information content (AvgIpc) is 2.94. The van der Waals surface area contributed by atoms with E-state index in [0.29, 0.717) is 5.76 Å². The molecule has 0 spiro atoms. The van der Waals surface area contributed by atoms with E-state index in [2.05, 4.69) is 0 Å². The number of furan rings is 1. The molecule has 1 atom stereocenters. The van der Waals surface area contributed by atoms with Gasteiger partial charge in [-0.3, -0.25) is 4.79 Å². The van der Waals surface area contributed by atoms with Crippen molar-refractivity contribution in [2.75, 3.05) is 13.2 Å². The lowest BCUT2D eigenvalue weighted by atomic mass is 10.1. The number of likely N-dealkylation sites (tertiary alicyclic amines) is 1. The molecule has 0 aliphatic carbocycles. The number of carbonyl (C=O) groups is 1. The minimum atomic E-state index is -0.0997. The summed E-state index contributed by atoms with van der Waals surface area (Å²) in [5, 5.41) is 9.07. The van der Waals surface area contributed by atoms with Crippen LogP contribution in [0.4, 0.5) is 0 Å². The summed E-state index contributed by atoms with van der Waals surface area (Å²) >= 11 is 5.66. The van der Waals surface area contributed by atoms with Crippen molar-refractivity contribution in [2.45, 2.75) is 31.7 Å². The average molecular weight is 258 g/mol. The van der Waals surface area contributed by atoms with Gasteiger partial charge >= 0.3 is 0 Å². The Kier molecular flexibility index (Phi) is 4.07. The monoisotopic (exact) mass is 257 g/mol. The molecule has 1 aromatic rings. The van der Waals surface area contributed by atoms with E-state index in [1.807, 2.05) is 4.90 Å². The zero-order chi connectivity index (χ0) is 12.3. The van der Waals surface area contributed by atoms with Crippen LogP contribution in [0.3, 0.4) is 0 Å². The number of hydrogen-bond acceptors (Lipinski definition) is 3. The van der Waals surface area contributed by atoms with E-state index in [9.17, 15) is 4.79 Å². The Morgan fingerprint density at radius 3 is 3.06 bits per heavy atom. The second-order valence-corrected chi connectivity index (χ2v) is 4.64. The quantitative estimate of drug-likeness (QED) is 0.901. The highest BCUT2D eigenvalue weighted by Gasteiger charge is 2.30. The van der Waals surface area contributed by atoms with Crippen LogP contribution in [0, 0.1) is 0 Å². The summed E-state index contributed by atoms with van der Waals surface area (Å²) < 4.78 is 5.14. The molecule has 1 aliphatic rings. The summed E-state index contributed by atoms with van der Waals surface area (Å²) in [6.07, 6.45) is 3.58. The van der Waals surface area contributed by atoms with Gasteiger partial charge < -0.3 is 14.4 Å². The number of halogens is 1. The predicted octanol–water partition coefficient (Wildman–Crippen LogP) is 2.31. The SMILES string of the molecule is O=C(c1ccc(Cl)o1)N1CCCC1CCCO. The fourth-order valence-electron chi connectivity index (χ4n) is 2.30. The molecule has 0 radical (unpaired) electrons. The Morgan fingerprint density at radius 1 is 1.59 bits per heavy atom. The minimum Gasteiger partial charge on any atom is -0.440 e. The van der Waals surface area contributed by atoms with Crippen LogP contribution in [0.15, 0.2) is 16.5 Å². The Morgan fingerprint density at radius 2 is 2.41 bits per heavy atom. The van der Waals surface area contributed by atoms with E-state index >= 15 is 0 Å². The molecule has 0 saturated carbocycles. The Bertz CT molecular complexity index is 391. The van der Waals surface area contributed by atoms with Gasteiger partial charge in [-0.15, -0.1) is 0 Å². The Balaban J connectivity index is 2.03. The first-order valence-electron chi connectivity index (χ1n) is 5.89. The largest absolute Gasteiger partial charge is 0.440 e. The van der Waals surface area contributed by atoms with E-state index < -0.39 is 0 Å². The topological polar surface area (TPSA) is 53.7 Å². The normalized spacial score (nSPS) is 19.9.